The highest BCUT2D eigenvalue weighted by Gasteiger charge is 2.22. The third-order valence-corrected chi connectivity index (χ3v) is 4.98. The van der Waals surface area contributed by atoms with Gasteiger partial charge in [0.05, 0.1) is 4.90 Å². The summed E-state index contributed by atoms with van der Waals surface area (Å²) in [4.78, 5) is 13.3. The van der Waals surface area contributed by atoms with Crippen molar-refractivity contribution < 1.29 is 13.2 Å². The quantitative estimate of drug-likeness (QED) is 0.846. The van der Waals surface area contributed by atoms with Crippen molar-refractivity contribution in [2.45, 2.75) is 18.2 Å². The van der Waals surface area contributed by atoms with Crippen molar-refractivity contribution in [3.05, 3.63) is 24.3 Å². The minimum absolute atomic E-state index is 0.186. The van der Waals surface area contributed by atoms with Crippen LogP contribution in [0.5, 0.6) is 0 Å². The van der Waals surface area contributed by atoms with E-state index in [-0.39, 0.29) is 10.8 Å². The van der Waals surface area contributed by atoms with Crippen LogP contribution in [0.4, 0.5) is 5.69 Å². The average molecular weight is 311 g/mol. The number of rotatable bonds is 5. The van der Waals surface area contributed by atoms with Crippen LogP contribution in [0.15, 0.2) is 29.2 Å². The maximum Gasteiger partial charge on any atom is 0.240 e. The summed E-state index contributed by atoms with van der Waals surface area (Å²) in [6, 6.07) is 6.15. The molecule has 1 unspecified atom stereocenters. The van der Waals surface area contributed by atoms with Crippen molar-refractivity contribution in [3.63, 3.8) is 0 Å². The SMILES string of the molecule is CC(=O)Nc1ccc(S(=O)(=O)NCC2CCN(C)C2)cc1. The van der Waals surface area contributed by atoms with Crippen LogP contribution in [0.3, 0.4) is 0 Å². The third kappa shape index (κ3) is 4.52. The minimum Gasteiger partial charge on any atom is -0.326 e. The van der Waals surface area contributed by atoms with Gasteiger partial charge in [-0.3, -0.25) is 4.79 Å². The summed E-state index contributed by atoms with van der Waals surface area (Å²) in [6.45, 7) is 3.80. The van der Waals surface area contributed by atoms with E-state index in [0.29, 0.717) is 18.2 Å². The number of hydrogen-bond acceptors (Lipinski definition) is 4. The molecule has 0 saturated carbocycles. The molecule has 2 rings (SSSR count). The Kier molecular flexibility index (Phi) is 4.97. The van der Waals surface area contributed by atoms with Gasteiger partial charge in [0.1, 0.15) is 0 Å². The van der Waals surface area contributed by atoms with E-state index in [1.54, 1.807) is 12.1 Å². The van der Waals surface area contributed by atoms with E-state index in [1.165, 1.54) is 19.1 Å². The smallest absolute Gasteiger partial charge is 0.240 e. The van der Waals surface area contributed by atoms with Crippen molar-refractivity contribution in [3.8, 4) is 0 Å². The Bertz CT molecular complexity index is 598. The lowest BCUT2D eigenvalue weighted by molar-refractivity contribution is -0.114. The second-order valence-electron chi connectivity index (χ2n) is 5.47. The summed E-state index contributed by atoms with van der Waals surface area (Å²) in [7, 11) is -1.45. The molecule has 1 aliphatic rings. The van der Waals surface area contributed by atoms with Gasteiger partial charge in [0, 0.05) is 25.7 Å². The Labute approximate surface area is 125 Å². The molecule has 0 bridgehead atoms. The zero-order valence-corrected chi connectivity index (χ0v) is 13.1. The van der Waals surface area contributed by atoms with E-state index in [4.69, 9.17) is 0 Å². The summed E-state index contributed by atoms with van der Waals surface area (Å²) in [5.41, 5.74) is 0.582. The number of likely N-dealkylation sites (tertiary alicyclic amines) is 1. The van der Waals surface area contributed by atoms with Crippen molar-refractivity contribution in [2.24, 2.45) is 5.92 Å². The average Bonchev–Trinajstić information content (AvgIpc) is 2.82. The van der Waals surface area contributed by atoms with Crippen LogP contribution in [-0.4, -0.2) is 45.9 Å². The van der Waals surface area contributed by atoms with Gasteiger partial charge in [-0.25, -0.2) is 13.1 Å². The van der Waals surface area contributed by atoms with E-state index in [9.17, 15) is 13.2 Å². The first-order valence-electron chi connectivity index (χ1n) is 6.93. The fourth-order valence-electron chi connectivity index (χ4n) is 2.42. The van der Waals surface area contributed by atoms with Crippen LogP contribution in [0.2, 0.25) is 0 Å². The van der Waals surface area contributed by atoms with Gasteiger partial charge in [-0.15, -0.1) is 0 Å². The number of nitrogens with zero attached hydrogens (tertiary/aromatic N) is 1. The maximum absolute atomic E-state index is 12.2. The van der Waals surface area contributed by atoms with Crippen LogP contribution in [0.25, 0.3) is 0 Å². The van der Waals surface area contributed by atoms with Gasteiger partial charge < -0.3 is 10.2 Å². The molecule has 1 aromatic carbocycles. The highest BCUT2D eigenvalue weighted by molar-refractivity contribution is 7.89. The highest BCUT2D eigenvalue weighted by Crippen LogP contribution is 2.16. The molecule has 116 valence electrons. The van der Waals surface area contributed by atoms with Gasteiger partial charge in [-0.05, 0) is 50.2 Å². The first-order valence-corrected chi connectivity index (χ1v) is 8.41. The Hall–Kier alpha value is -1.44. The van der Waals surface area contributed by atoms with Crippen LogP contribution >= 0.6 is 0 Å². The van der Waals surface area contributed by atoms with E-state index in [1.807, 2.05) is 7.05 Å². The van der Waals surface area contributed by atoms with E-state index < -0.39 is 10.0 Å². The number of anilines is 1. The Balaban J connectivity index is 1.97. The molecule has 21 heavy (non-hydrogen) atoms. The van der Waals surface area contributed by atoms with Crippen molar-refractivity contribution >= 4 is 21.6 Å². The first-order chi connectivity index (χ1) is 9.87. The fourth-order valence-corrected chi connectivity index (χ4v) is 3.54. The van der Waals surface area contributed by atoms with Crippen molar-refractivity contribution in [1.29, 1.82) is 0 Å². The van der Waals surface area contributed by atoms with Crippen molar-refractivity contribution in [1.82, 2.24) is 9.62 Å². The maximum atomic E-state index is 12.2. The highest BCUT2D eigenvalue weighted by atomic mass is 32.2. The number of nitrogens with one attached hydrogen (secondary N) is 2. The predicted octanol–water partition coefficient (Wildman–Crippen LogP) is 0.875. The molecule has 1 heterocycles. The fraction of sp³-hybridized carbons (Fsp3) is 0.500. The lowest BCUT2D eigenvalue weighted by Crippen LogP contribution is -2.30. The van der Waals surface area contributed by atoms with Gasteiger partial charge in [0.2, 0.25) is 15.9 Å². The molecular weight excluding hydrogens is 290 g/mol. The molecule has 6 nitrogen and oxygen atoms in total. The normalized spacial score (nSPS) is 19.6. The molecule has 1 aliphatic heterocycles. The number of amides is 1. The topological polar surface area (TPSA) is 78.5 Å². The molecule has 0 aromatic heterocycles. The second kappa shape index (κ2) is 6.55. The zero-order chi connectivity index (χ0) is 15.5. The molecule has 1 saturated heterocycles. The third-order valence-electron chi connectivity index (χ3n) is 3.54. The molecule has 1 atom stereocenters. The number of benzene rings is 1. The Morgan fingerprint density at radius 3 is 2.52 bits per heavy atom. The summed E-state index contributed by atoms with van der Waals surface area (Å²) in [5.74, 6) is 0.178. The van der Waals surface area contributed by atoms with Crippen LogP contribution < -0.4 is 10.0 Å². The Morgan fingerprint density at radius 1 is 1.33 bits per heavy atom. The van der Waals surface area contributed by atoms with Crippen LogP contribution in [-0.2, 0) is 14.8 Å². The molecule has 1 amide bonds. The molecular formula is C14H21N3O3S. The largest absolute Gasteiger partial charge is 0.326 e. The monoisotopic (exact) mass is 311 g/mol. The molecule has 0 aliphatic carbocycles. The summed E-state index contributed by atoms with van der Waals surface area (Å²) < 4.78 is 27.0. The molecule has 2 N–H and O–H groups in total. The van der Waals surface area contributed by atoms with Gasteiger partial charge in [0.15, 0.2) is 0 Å². The predicted molar refractivity (Wildman–Crippen MR) is 81.5 cm³/mol. The van der Waals surface area contributed by atoms with E-state index in [0.717, 1.165) is 19.5 Å². The summed E-state index contributed by atoms with van der Waals surface area (Å²) in [6.07, 6.45) is 1.01. The number of carbonyl (C=O) groups excluding carboxylic acids is 1. The minimum atomic E-state index is -3.49. The number of carbonyl (C=O) groups is 1. The molecule has 0 radical (unpaired) electrons. The van der Waals surface area contributed by atoms with Crippen LogP contribution in [0.1, 0.15) is 13.3 Å². The number of hydrogen-bond donors (Lipinski definition) is 2. The lowest BCUT2D eigenvalue weighted by Gasteiger charge is -2.12. The Morgan fingerprint density at radius 2 is 2.00 bits per heavy atom. The molecule has 7 heteroatoms. The van der Waals surface area contributed by atoms with Gasteiger partial charge >= 0.3 is 0 Å². The lowest BCUT2D eigenvalue weighted by atomic mass is 10.1. The second-order valence-corrected chi connectivity index (χ2v) is 7.24. The summed E-state index contributed by atoms with van der Waals surface area (Å²) >= 11 is 0. The van der Waals surface area contributed by atoms with Crippen molar-refractivity contribution in [2.75, 3.05) is 32.0 Å². The number of sulfonamides is 1. The van der Waals surface area contributed by atoms with Gasteiger partial charge in [-0.2, -0.15) is 0 Å². The molecule has 1 aromatic rings. The van der Waals surface area contributed by atoms with E-state index in [2.05, 4.69) is 14.9 Å². The standard InChI is InChI=1S/C14H21N3O3S/c1-11(18)16-13-3-5-14(6-4-13)21(19,20)15-9-12-7-8-17(2)10-12/h3-6,12,15H,7-10H2,1-2H3,(H,16,18). The van der Waals surface area contributed by atoms with Gasteiger partial charge in [0.25, 0.3) is 0 Å². The van der Waals surface area contributed by atoms with Crippen LogP contribution in [0, 0.1) is 5.92 Å². The zero-order valence-electron chi connectivity index (χ0n) is 12.3. The van der Waals surface area contributed by atoms with E-state index >= 15 is 0 Å². The molecule has 1 fully saturated rings. The van der Waals surface area contributed by atoms with Gasteiger partial charge in [-0.1, -0.05) is 0 Å². The molecule has 0 spiro atoms. The first kappa shape index (κ1) is 15.9. The summed E-state index contributed by atoms with van der Waals surface area (Å²) in [5, 5.41) is 2.61.